The number of nitrogens with zero attached hydrogens (tertiary/aromatic N) is 3. The van der Waals surface area contributed by atoms with Crippen molar-refractivity contribution < 1.29 is 18.7 Å². The van der Waals surface area contributed by atoms with Gasteiger partial charge in [-0.25, -0.2) is 13.9 Å². The Bertz CT molecular complexity index is 1800. The SMILES string of the molecule is CC1=C(C(=O)OCc2ccccc2)C(c2ccc(OCc3ccccc3C)cc2)n2nc(SCc3ccccc3F)nc2N1. The van der Waals surface area contributed by atoms with E-state index in [0.717, 1.165) is 16.7 Å². The highest BCUT2D eigenvalue weighted by Crippen LogP contribution is 2.38. The van der Waals surface area contributed by atoms with Crippen molar-refractivity contribution in [3.05, 3.63) is 148 Å². The standard InChI is InChI=1S/C35H31FN4O3S/c1-23-10-6-7-13-27(23)21-42-29-18-16-26(17-19-29)32-31(33(41)43-20-25-11-4-3-5-12-25)24(2)37-34-38-35(39-40(32)34)44-22-28-14-8-9-15-30(28)36/h3-19,32H,20-22H2,1-2H3,(H,37,38,39). The third-order valence-corrected chi connectivity index (χ3v) is 8.32. The fourth-order valence-corrected chi connectivity index (χ4v) is 5.82. The van der Waals surface area contributed by atoms with E-state index in [1.807, 2.05) is 79.7 Å². The Kier molecular flexibility index (Phi) is 8.74. The lowest BCUT2D eigenvalue weighted by molar-refractivity contribution is -0.140. The van der Waals surface area contributed by atoms with Gasteiger partial charge in [-0.1, -0.05) is 96.7 Å². The van der Waals surface area contributed by atoms with Crippen LogP contribution < -0.4 is 10.1 Å². The molecule has 4 aromatic carbocycles. The lowest BCUT2D eigenvalue weighted by Crippen LogP contribution is -2.29. The van der Waals surface area contributed by atoms with E-state index < -0.39 is 12.0 Å². The van der Waals surface area contributed by atoms with Gasteiger partial charge in [0.1, 0.15) is 30.8 Å². The van der Waals surface area contributed by atoms with Crippen molar-refractivity contribution in [3.8, 4) is 5.75 Å². The van der Waals surface area contributed by atoms with Crippen LogP contribution in [0.15, 0.2) is 120 Å². The first kappa shape index (κ1) is 29.2. The minimum atomic E-state index is -0.602. The molecule has 1 aromatic heterocycles. The summed E-state index contributed by atoms with van der Waals surface area (Å²) in [6.45, 7) is 4.48. The number of ether oxygens (including phenoxy) is 2. The van der Waals surface area contributed by atoms with Gasteiger partial charge in [-0.15, -0.1) is 5.10 Å². The number of aromatic nitrogens is 3. The van der Waals surface area contributed by atoms with Crippen molar-refractivity contribution in [3.63, 3.8) is 0 Å². The third kappa shape index (κ3) is 6.53. The Morgan fingerprint density at radius 2 is 1.59 bits per heavy atom. The van der Waals surface area contributed by atoms with Crippen LogP contribution in [0.1, 0.15) is 40.8 Å². The van der Waals surface area contributed by atoms with E-state index in [-0.39, 0.29) is 12.4 Å². The summed E-state index contributed by atoms with van der Waals surface area (Å²) < 4.78 is 27.8. The van der Waals surface area contributed by atoms with Crippen molar-refractivity contribution in [1.29, 1.82) is 0 Å². The number of aryl methyl sites for hydroxylation is 1. The number of fused-ring (bicyclic) bond motifs is 1. The number of thioether (sulfide) groups is 1. The quantitative estimate of drug-likeness (QED) is 0.129. The highest BCUT2D eigenvalue weighted by atomic mass is 32.2. The molecule has 222 valence electrons. The number of carbonyl (C=O) groups is 1. The minimum Gasteiger partial charge on any atom is -0.489 e. The van der Waals surface area contributed by atoms with Crippen LogP contribution in [0, 0.1) is 12.7 Å². The molecule has 5 aromatic rings. The highest BCUT2D eigenvalue weighted by Gasteiger charge is 2.35. The Hall–Kier alpha value is -4.89. The number of halogens is 1. The third-order valence-electron chi connectivity index (χ3n) is 7.43. The maximum atomic E-state index is 14.3. The molecule has 9 heteroatoms. The molecule has 2 heterocycles. The van der Waals surface area contributed by atoms with Gasteiger partial charge in [0.05, 0.1) is 5.57 Å². The van der Waals surface area contributed by atoms with Crippen LogP contribution in [0.2, 0.25) is 0 Å². The van der Waals surface area contributed by atoms with Crippen LogP contribution in [0.25, 0.3) is 0 Å². The van der Waals surface area contributed by atoms with Gasteiger partial charge in [0.25, 0.3) is 0 Å². The van der Waals surface area contributed by atoms with Gasteiger partial charge in [0.2, 0.25) is 11.1 Å². The Morgan fingerprint density at radius 1 is 0.886 bits per heavy atom. The maximum absolute atomic E-state index is 14.3. The van der Waals surface area contributed by atoms with E-state index in [9.17, 15) is 9.18 Å². The molecule has 1 aliphatic rings. The number of hydrogen-bond donors (Lipinski definition) is 1. The molecule has 0 fully saturated rings. The van der Waals surface area contributed by atoms with Gasteiger partial charge in [0.15, 0.2) is 0 Å². The summed E-state index contributed by atoms with van der Waals surface area (Å²) in [4.78, 5) is 18.3. The number of nitrogens with one attached hydrogen (secondary N) is 1. The van der Waals surface area contributed by atoms with Gasteiger partial charge in [0, 0.05) is 11.4 Å². The van der Waals surface area contributed by atoms with Gasteiger partial charge in [-0.3, -0.25) is 0 Å². The number of hydrogen-bond acceptors (Lipinski definition) is 7. The Balaban J connectivity index is 1.27. The van der Waals surface area contributed by atoms with Crippen molar-refractivity contribution in [2.24, 2.45) is 0 Å². The molecule has 0 amide bonds. The number of carbonyl (C=O) groups excluding carboxylic acids is 1. The van der Waals surface area contributed by atoms with Crippen molar-refractivity contribution in [2.45, 2.75) is 44.0 Å². The van der Waals surface area contributed by atoms with Crippen LogP contribution in [0.5, 0.6) is 5.75 Å². The molecule has 1 unspecified atom stereocenters. The summed E-state index contributed by atoms with van der Waals surface area (Å²) in [5.74, 6) is 0.838. The van der Waals surface area contributed by atoms with E-state index in [0.29, 0.717) is 46.0 Å². The molecule has 1 atom stereocenters. The molecule has 1 N–H and O–H groups in total. The Labute approximate surface area is 259 Å². The first-order valence-electron chi connectivity index (χ1n) is 14.2. The van der Waals surface area contributed by atoms with E-state index in [4.69, 9.17) is 14.6 Å². The monoisotopic (exact) mass is 606 g/mol. The van der Waals surface area contributed by atoms with Crippen LogP contribution >= 0.6 is 11.8 Å². The number of anilines is 1. The highest BCUT2D eigenvalue weighted by molar-refractivity contribution is 7.98. The van der Waals surface area contributed by atoms with Crippen LogP contribution in [0.4, 0.5) is 10.3 Å². The number of allylic oxidation sites excluding steroid dienone is 1. The number of benzene rings is 4. The summed E-state index contributed by atoms with van der Waals surface area (Å²) in [5.41, 5.74) is 5.61. The largest absolute Gasteiger partial charge is 0.489 e. The average Bonchev–Trinajstić information content (AvgIpc) is 3.45. The normalized spacial score (nSPS) is 14.1. The molecule has 1 aliphatic heterocycles. The molecule has 0 aliphatic carbocycles. The van der Waals surface area contributed by atoms with Gasteiger partial charge < -0.3 is 14.8 Å². The van der Waals surface area contributed by atoms with E-state index in [1.54, 1.807) is 22.9 Å². The lowest BCUT2D eigenvalue weighted by atomic mass is 9.95. The predicted molar refractivity (Wildman–Crippen MR) is 169 cm³/mol. The summed E-state index contributed by atoms with van der Waals surface area (Å²) in [6.07, 6.45) is 0. The minimum absolute atomic E-state index is 0.142. The smallest absolute Gasteiger partial charge is 0.338 e. The van der Waals surface area contributed by atoms with Crippen molar-refractivity contribution in [2.75, 3.05) is 5.32 Å². The van der Waals surface area contributed by atoms with Crippen molar-refractivity contribution in [1.82, 2.24) is 14.8 Å². The predicted octanol–water partition coefficient (Wildman–Crippen LogP) is 7.63. The zero-order valence-corrected chi connectivity index (χ0v) is 25.2. The molecule has 0 saturated heterocycles. The molecule has 44 heavy (non-hydrogen) atoms. The van der Waals surface area contributed by atoms with Crippen LogP contribution in [-0.2, 0) is 28.5 Å². The molecule has 6 rings (SSSR count). The Morgan fingerprint density at radius 3 is 2.34 bits per heavy atom. The van der Waals surface area contributed by atoms with Gasteiger partial charge in [-0.05, 0) is 59.9 Å². The molecule has 0 bridgehead atoms. The van der Waals surface area contributed by atoms with Crippen LogP contribution in [0.3, 0.4) is 0 Å². The summed E-state index contributed by atoms with van der Waals surface area (Å²) in [7, 11) is 0. The van der Waals surface area contributed by atoms with Gasteiger partial charge in [-0.2, -0.15) is 4.98 Å². The first-order chi connectivity index (χ1) is 21.5. The second-order valence-electron chi connectivity index (χ2n) is 10.5. The second-order valence-corrected chi connectivity index (χ2v) is 11.4. The van der Waals surface area contributed by atoms with E-state index in [1.165, 1.54) is 23.4 Å². The van der Waals surface area contributed by atoms with E-state index in [2.05, 4.69) is 23.3 Å². The molecule has 0 spiro atoms. The average molecular weight is 607 g/mol. The van der Waals surface area contributed by atoms with Crippen molar-refractivity contribution >= 4 is 23.7 Å². The lowest BCUT2D eigenvalue weighted by Gasteiger charge is -2.28. The van der Waals surface area contributed by atoms with E-state index >= 15 is 0 Å². The fourth-order valence-electron chi connectivity index (χ4n) is 5.00. The summed E-state index contributed by atoms with van der Waals surface area (Å²) in [6, 6.07) is 31.4. The topological polar surface area (TPSA) is 78.3 Å². The number of esters is 1. The zero-order valence-electron chi connectivity index (χ0n) is 24.4. The molecule has 0 radical (unpaired) electrons. The molecular formula is C35H31FN4O3S. The maximum Gasteiger partial charge on any atom is 0.338 e. The van der Waals surface area contributed by atoms with Crippen LogP contribution in [-0.4, -0.2) is 20.7 Å². The second kappa shape index (κ2) is 13.2. The fraction of sp³-hybridized carbons (Fsp3) is 0.171. The van der Waals surface area contributed by atoms with Gasteiger partial charge >= 0.3 is 5.97 Å². The summed E-state index contributed by atoms with van der Waals surface area (Å²) >= 11 is 1.33. The zero-order chi connectivity index (χ0) is 30.5. The molecular weight excluding hydrogens is 575 g/mol. The summed E-state index contributed by atoms with van der Waals surface area (Å²) in [5, 5.41) is 8.45. The molecule has 7 nitrogen and oxygen atoms in total. The number of rotatable bonds is 10. The first-order valence-corrected chi connectivity index (χ1v) is 15.2. The molecule has 0 saturated carbocycles.